The maximum Gasteiger partial charge on any atom is 0.180 e. The second-order valence-electron chi connectivity index (χ2n) is 2.12. The van der Waals surface area contributed by atoms with Crippen molar-refractivity contribution in [1.29, 1.82) is 0 Å². The third-order valence-corrected chi connectivity index (χ3v) is 2.02. The van der Waals surface area contributed by atoms with Crippen molar-refractivity contribution in [2.24, 2.45) is 0 Å². The first kappa shape index (κ1) is 8.99. The Hall–Kier alpha value is -0.100. The normalized spacial score (nSPS) is 9.64. The van der Waals surface area contributed by atoms with Gasteiger partial charge in [0.25, 0.3) is 0 Å². The molecule has 0 amide bonds. The van der Waals surface area contributed by atoms with Crippen LogP contribution in [0.4, 0.5) is 0 Å². The van der Waals surface area contributed by atoms with Crippen molar-refractivity contribution in [3.63, 3.8) is 0 Å². The van der Waals surface area contributed by atoms with Crippen LogP contribution in [0.1, 0.15) is 5.56 Å². The van der Waals surface area contributed by atoms with Crippen LogP contribution in [-0.4, -0.2) is 5.11 Å². The number of hydrogen-bond acceptors (Lipinski definition) is 3. The molecule has 0 unspecified atom stereocenters. The Kier molecular flexibility index (Phi) is 3.32. The smallest absolute Gasteiger partial charge is 0.180 e. The van der Waals surface area contributed by atoms with Gasteiger partial charge in [0, 0.05) is 21.2 Å². The number of rotatable bonds is 2. The maximum atomic E-state index is 9.22. The van der Waals surface area contributed by atoms with Crippen LogP contribution in [0.3, 0.4) is 0 Å². The Bertz CT molecular complexity index is 252. The number of aryl methyl sites for hydroxylation is 1. The van der Waals surface area contributed by atoms with Gasteiger partial charge >= 0.3 is 0 Å². The predicted octanol–water partition coefficient (Wildman–Crippen LogP) is 3.08. The van der Waals surface area contributed by atoms with Gasteiger partial charge in [-0.25, -0.2) is 0 Å². The zero-order valence-corrected chi connectivity index (χ0v) is 8.85. The molecule has 1 aromatic carbocycles. The van der Waals surface area contributed by atoms with Crippen LogP contribution in [-0.2, 0) is 0 Å². The Balaban J connectivity index is 2.93. The Labute approximate surface area is 81.7 Å². The third kappa shape index (κ3) is 2.44. The van der Waals surface area contributed by atoms with Gasteiger partial charge in [0.1, 0.15) is 9.21 Å². The molecule has 0 spiro atoms. The standard InChI is InChI=1S/C7H7IO2S/c1-5-2-3-6(9)7(4-5)10-11-8/h2-4,9H,1H3. The summed E-state index contributed by atoms with van der Waals surface area (Å²) in [6.07, 6.45) is 0. The number of phenols is 1. The van der Waals surface area contributed by atoms with E-state index in [0.29, 0.717) is 5.75 Å². The molecule has 2 nitrogen and oxygen atoms in total. The van der Waals surface area contributed by atoms with Crippen molar-refractivity contribution in [2.75, 3.05) is 0 Å². The second-order valence-corrected chi connectivity index (χ2v) is 3.49. The molecule has 0 bridgehead atoms. The van der Waals surface area contributed by atoms with Gasteiger partial charge in [-0.3, -0.25) is 0 Å². The van der Waals surface area contributed by atoms with Crippen LogP contribution >= 0.6 is 30.4 Å². The lowest BCUT2D eigenvalue weighted by Gasteiger charge is -2.02. The van der Waals surface area contributed by atoms with Crippen molar-refractivity contribution >= 4 is 30.4 Å². The van der Waals surface area contributed by atoms with E-state index in [-0.39, 0.29) is 5.75 Å². The maximum absolute atomic E-state index is 9.22. The lowest BCUT2D eigenvalue weighted by atomic mass is 10.2. The van der Waals surface area contributed by atoms with Crippen LogP contribution in [0.25, 0.3) is 0 Å². The van der Waals surface area contributed by atoms with E-state index in [0.717, 1.165) is 5.56 Å². The largest absolute Gasteiger partial charge is 0.504 e. The minimum atomic E-state index is 0.180. The summed E-state index contributed by atoms with van der Waals surface area (Å²) in [7, 11) is 1.19. The fourth-order valence-corrected chi connectivity index (χ4v) is 1.50. The Morgan fingerprint density at radius 2 is 2.27 bits per heavy atom. The highest BCUT2D eigenvalue weighted by Crippen LogP contribution is 2.31. The highest BCUT2D eigenvalue weighted by molar-refractivity contribution is 14.2. The van der Waals surface area contributed by atoms with E-state index in [1.165, 1.54) is 9.21 Å². The second kappa shape index (κ2) is 4.06. The predicted molar refractivity (Wildman–Crippen MR) is 55.1 cm³/mol. The average Bonchev–Trinajstić information content (AvgIpc) is 1.98. The first-order chi connectivity index (χ1) is 5.24. The van der Waals surface area contributed by atoms with Gasteiger partial charge < -0.3 is 9.29 Å². The molecular weight excluding hydrogens is 275 g/mol. The van der Waals surface area contributed by atoms with Crippen LogP contribution in [0.5, 0.6) is 11.5 Å². The molecule has 11 heavy (non-hydrogen) atoms. The van der Waals surface area contributed by atoms with Crippen molar-refractivity contribution in [2.45, 2.75) is 6.92 Å². The van der Waals surface area contributed by atoms with Gasteiger partial charge in [-0.2, -0.15) is 0 Å². The zero-order valence-electron chi connectivity index (χ0n) is 5.87. The first-order valence-corrected chi connectivity index (χ1v) is 6.27. The van der Waals surface area contributed by atoms with E-state index < -0.39 is 0 Å². The molecule has 1 N–H and O–H groups in total. The van der Waals surface area contributed by atoms with E-state index in [2.05, 4.69) is 0 Å². The topological polar surface area (TPSA) is 29.5 Å². The molecule has 0 atom stereocenters. The molecule has 0 heterocycles. The summed E-state index contributed by atoms with van der Waals surface area (Å²) < 4.78 is 5.07. The summed E-state index contributed by atoms with van der Waals surface area (Å²) in [6, 6.07) is 5.25. The lowest BCUT2D eigenvalue weighted by Crippen LogP contribution is -1.79. The molecule has 0 aliphatic heterocycles. The third-order valence-electron chi connectivity index (χ3n) is 1.24. The van der Waals surface area contributed by atoms with Crippen LogP contribution < -0.4 is 4.18 Å². The van der Waals surface area contributed by atoms with Gasteiger partial charge in [0.2, 0.25) is 0 Å². The number of benzene rings is 1. The van der Waals surface area contributed by atoms with Gasteiger partial charge in [-0.15, -0.1) is 0 Å². The number of aromatic hydroxyl groups is 1. The van der Waals surface area contributed by atoms with Crippen molar-refractivity contribution < 1.29 is 9.29 Å². The molecule has 0 saturated carbocycles. The van der Waals surface area contributed by atoms with Gasteiger partial charge in [0.15, 0.2) is 11.5 Å². The summed E-state index contributed by atoms with van der Waals surface area (Å²) in [5.41, 5.74) is 1.07. The fraction of sp³-hybridized carbons (Fsp3) is 0.143. The number of phenolic OH excluding ortho intramolecular Hbond substituents is 1. The minimum absolute atomic E-state index is 0.180. The molecule has 1 rings (SSSR count). The summed E-state index contributed by atoms with van der Waals surface area (Å²) >= 11 is 2.00. The molecule has 0 aromatic heterocycles. The SMILES string of the molecule is Cc1ccc(O)c(OSI)c1. The van der Waals surface area contributed by atoms with Crippen molar-refractivity contribution in [1.82, 2.24) is 0 Å². The Morgan fingerprint density at radius 3 is 2.91 bits per heavy atom. The van der Waals surface area contributed by atoms with Crippen LogP contribution in [0.15, 0.2) is 18.2 Å². The summed E-state index contributed by atoms with van der Waals surface area (Å²) in [6.45, 7) is 1.95. The van der Waals surface area contributed by atoms with Crippen molar-refractivity contribution in [3.8, 4) is 11.5 Å². The zero-order chi connectivity index (χ0) is 8.27. The van der Waals surface area contributed by atoms with Gasteiger partial charge in [0.05, 0.1) is 0 Å². The summed E-state index contributed by atoms with van der Waals surface area (Å²) in [5, 5.41) is 9.22. The molecule has 0 radical (unpaired) electrons. The monoisotopic (exact) mass is 282 g/mol. The molecule has 0 aliphatic carbocycles. The molecule has 4 heteroatoms. The van der Waals surface area contributed by atoms with Gasteiger partial charge in [-0.05, 0) is 24.6 Å². The highest BCUT2D eigenvalue weighted by Gasteiger charge is 2.01. The molecule has 0 fully saturated rings. The van der Waals surface area contributed by atoms with E-state index in [4.69, 9.17) is 4.18 Å². The quantitative estimate of drug-likeness (QED) is 0.667. The first-order valence-electron chi connectivity index (χ1n) is 2.99. The average molecular weight is 282 g/mol. The van der Waals surface area contributed by atoms with E-state index in [1.807, 2.05) is 34.2 Å². The number of halogens is 1. The summed E-state index contributed by atoms with van der Waals surface area (Å²) in [4.78, 5) is 0. The summed E-state index contributed by atoms with van der Waals surface area (Å²) in [5.74, 6) is 0.698. The molecule has 0 saturated heterocycles. The molecule has 0 aliphatic rings. The van der Waals surface area contributed by atoms with Crippen LogP contribution in [0.2, 0.25) is 0 Å². The van der Waals surface area contributed by atoms with E-state index in [9.17, 15) is 5.11 Å². The fourth-order valence-electron chi connectivity index (χ4n) is 0.722. The van der Waals surface area contributed by atoms with E-state index >= 15 is 0 Å². The minimum Gasteiger partial charge on any atom is -0.504 e. The van der Waals surface area contributed by atoms with Crippen molar-refractivity contribution in [3.05, 3.63) is 23.8 Å². The lowest BCUT2D eigenvalue weighted by molar-refractivity contribution is 0.451. The molecule has 60 valence electrons. The number of hydrogen-bond donors (Lipinski definition) is 1. The van der Waals surface area contributed by atoms with Crippen LogP contribution in [0, 0.1) is 6.92 Å². The van der Waals surface area contributed by atoms with Gasteiger partial charge in [-0.1, -0.05) is 6.07 Å². The molecule has 1 aromatic rings. The highest BCUT2D eigenvalue weighted by atomic mass is 127. The molecular formula is C7H7IO2S. The van der Waals surface area contributed by atoms with E-state index in [1.54, 1.807) is 12.1 Å². The Morgan fingerprint density at radius 1 is 1.55 bits per heavy atom.